The molecule has 1 N–H and O–H groups in total. The summed E-state index contributed by atoms with van der Waals surface area (Å²) in [5.74, 6) is -0.525. The van der Waals surface area contributed by atoms with Crippen LogP contribution in [0, 0.1) is 41.5 Å². The van der Waals surface area contributed by atoms with Crippen LogP contribution in [0.25, 0.3) is 5.69 Å². The fraction of sp³-hybridized carbons (Fsp3) is 0.308. The van der Waals surface area contributed by atoms with Crippen LogP contribution in [0.5, 0.6) is 0 Å². The van der Waals surface area contributed by atoms with Crippen LogP contribution in [0.4, 0.5) is 5.69 Å². The topological polar surface area (TPSA) is 83.8 Å². The molecule has 0 unspecified atom stereocenters. The van der Waals surface area contributed by atoms with Crippen molar-refractivity contribution in [2.75, 3.05) is 17.1 Å². The summed E-state index contributed by atoms with van der Waals surface area (Å²) in [6, 6.07) is 13.6. The molecule has 3 rings (SSSR count). The number of carbonyl (C=O) groups is 1. The van der Waals surface area contributed by atoms with Crippen LogP contribution in [-0.4, -0.2) is 37.9 Å². The third-order valence-electron chi connectivity index (χ3n) is 6.08. The maximum atomic E-state index is 12.5. The van der Waals surface area contributed by atoms with Crippen LogP contribution in [0.1, 0.15) is 39.2 Å². The van der Waals surface area contributed by atoms with Crippen molar-refractivity contribution in [2.24, 2.45) is 5.10 Å². The zero-order valence-electron chi connectivity index (χ0n) is 20.8. The lowest BCUT2D eigenvalue weighted by Crippen LogP contribution is -2.39. The molecule has 0 radical (unpaired) electrons. The molecule has 34 heavy (non-hydrogen) atoms. The van der Waals surface area contributed by atoms with Gasteiger partial charge in [0.05, 0.1) is 18.2 Å². The Morgan fingerprint density at radius 1 is 0.941 bits per heavy atom. The molecular formula is C26H32N4O3S. The highest BCUT2D eigenvalue weighted by Gasteiger charge is 2.21. The van der Waals surface area contributed by atoms with Crippen molar-refractivity contribution in [3.63, 3.8) is 0 Å². The Hall–Kier alpha value is -3.39. The number of hydrogen-bond donors (Lipinski definition) is 1. The average molecular weight is 481 g/mol. The van der Waals surface area contributed by atoms with Gasteiger partial charge in [0, 0.05) is 22.6 Å². The Labute approximate surface area is 202 Å². The minimum Gasteiger partial charge on any atom is -0.318 e. The van der Waals surface area contributed by atoms with Crippen molar-refractivity contribution in [1.29, 1.82) is 0 Å². The molecule has 0 aliphatic rings. The summed E-state index contributed by atoms with van der Waals surface area (Å²) in [5.41, 5.74) is 11.3. The zero-order valence-corrected chi connectivity index (χ0v) is 21.6. The minimum absolute atomic E-state index is 0.361. The van der Waals surface area contributed by atoms with Gasteiger partial charge in [-0.15, -0.1) is 0 Å². The molecular weight excluding hydrogens is 448 g/mol. The summed E-state index contributed by atoms with van der Waals surface area (Å²) in [4.78, 5) is 12.5. The molecule has 7 nitrogen and oxygen atoms in total. The monoisotopic (exact) mass is 480 g/mol. The van der Waals surface area contributed by atoms with Gasteiger partial charge in [-0.25, -0.2) is 13.8 Å². The first kappa shape index (κ1) is 25.2. The molecule has 0 fully saturated rings. The Morgan fingerprint density at radius 2 is 1.56 bits per heavy atom. The van der Waals surface area contributed by atoms with Gasteiger partial charge in [-0.3, -0.25) is 9.10 Å². The fourth-order valence-corrected chi connectivity index (χ4v) is 4.65. The summed E-state index contributed by atoms with van der Waals surface area (Å²) < 4.78 is 27.9. The van der Waals surface area contributed by atoms with Crippen molar-refractivity contribution in [1.82, 2.24) is 9.99 Å². The Morgan fingerprint density at radius 3 is 2.15 bits per heavy atom. The first-order chi connectivity index (χ1) is 15.9. The summed E-state index contributed by atoms with van der Waals surface area (Å²) in [7, 11) is -3.65. The molecule has 1 heterocycles. The molecule has 0 atom stereocenters. The number of carbonyl (C=O) groups excluding carboxylic acids is 1. The normalized spacial score (nSPS) is 11.7. The number of aromatic nitrogens is 1. The van der Waals surface area contributed by atoms with Crippen molar-refractivity contribution in [2.45, 2.75) is 41.5 Å². The largest absolute Gasteiger partial charge is 0.318 e. The Bertz CT molecular complexity index is 1370. The molecule has 0 aliphatic carbocycles. The number of aryl methyl sites for hydroxylation is 5. The van der Waals surface area contributed by atoms with Crippen molar-refractivity contribution >= 4 is 27.8 Å². The van der Waals surface area contributed by atoms with Crippen molar-refractivity contribution in [3.8, 4) is 5.69 Å². The second kappa shape index (κ2) is 9.85. The van der Waals surface area contributed by atoms with Crippen LogP contribution < -0.4 is 9.73 Å². The molecule has 0 saturated carbocycles. The molecule has 3 aromatic rings. The van der Waals surface area contributed by atoms with E-state index < -0.39 is 15.9 Å². The van der Waals surface area contributed by atoms with E-state index in [1.807, 2.05) is 39.8 Å². The van der Waals surface area contributed by atoms with E-state index in [1.165, 1.54) is 11.1 Å². The lowest BCUT2D eigenvalue weighted by molar-refractivity contribution is -0.119. The van der Waals surface area contributed by atoms with Gasteiger partial charge in [0.1, 0.15) is 6.54 Å². The molecule has 1 amide bonds. The van der Waals surface area contributed by atoms with Gasteiger partial charge in [-0.2, -0.15) is 5.10 Å². The third kappa shape index (κ3) is 5.56. The van der Waals surface area contributed by atoms with Crippen LogP contribution in [0.2, 0.25) is 0 Å². The quantitative estimate of drug-likeness (QED) is 0.405. The zero-order chi connectivity index (χ0) is 25.2. The highest BCUT2D eigenvalue weighted by molar-refractivity contribution is 7.92. The number of amides is 1. The standard InChI is InChI=1S/C26H32N4O3S/c1-17-8-10-24(12-19(17)3)29(34(7,32)33)16-26(31)28-27-15-23-14-21(5)30(22(23)6)25-11-9-18(2)20(4)13-25/h8-15H,16H2,1-7H3,(H,28,31)/b27-15-. The molecule has 0 spiro atoms. The summed E-state index contributed by atoms with van der Waals surface area (Å²) in [5, 5.41) is 4.08. The lowest BCUT2D eigenvalue weighted by atomic mass is 10.1. The molecule has 1 aromatic heterocycles. The van der Waals surface area contributed by atoms with E-state index in [0.29, 0.717) is 5.69 Å². The fourth-order valence-electron chi connectivity index (χ4n) is 3.80. The molecule has 0 bridgehead atoms. The van der Waals surface area contributed by atoms with E-state index in [-0.39, 0.29) is 6.54 Å². The molecule has 2 aromatic carbocycles. The molecule has 0 aliphatic heterocycles. The first-order valence-corrected chi connectivity index (χ1v) is 12.9. The predicted octanol–water partition coefficient (Wildman–Crippen LogP) is 4.24. The van der Waals surface area contributed by atoms with Gasteiger partial charge in [-0.05, 0) is 94.1 Å². The third-order valence-corrected chi connectivity index (χ3v) is 7.22. The van der Waals surface area contributed by atoms with Gasteiger partial charge >= 0.3 is 0 Å². The number of rotatable bonds is 7. The molecule has 180 valence electrons. The summed E-state index contributed by atoms with van der Waals surface area (Å²) in [6.07, 6.45) is 2.67. The maximum absolute atomic E-state index is 12.5. The van der Waals surface area contributed by atoms with E-state index in [1.54, 1.807) is 18.3 Å². The molecule has 8 heteroatoms. The number of hydrazone groups is 1. The van der Waals surface area contributed by atoms with E-state index in [4.69, 9.17) is 0 Å². The predicted molar refractivity (Wildman–Crippen MR) is 139 cm³/mol. The second-order valence-corrected chi connectivity index (χ2v) is 10.7. The number of anilines is 1. The Balaban J connectivity index is 1.76. The van der Waals surface area contributed by atoms with Crippen molar-refractivity contribution in [3.05, 3.63) is 81.7 Å². The second-order valence-electron chi connectivity index (χ2n) is 8.76. The number of benzene rings is 2. The van der Waals surface area contributed by atoms with Crippen molar-refractivity contribution < 1.29 is 13.2 Å². The van der Waals surface area contributed by atoms with Gasteiger partial charge in [-0.1, -0.05) is 12.1 Å². The highest BCUT2D eigenvalue weighted by Crippen LogP contribution is 2.22. The summed E-state index contributed by atoms with van der Waals surface area (Å²) in [6.45, 7) is 11.7. The smallest absolute Gasteiger partial charge is 0.260 e. The van der Waals surface area contributed by atoms with E-state index in [9.17, 15) is 13.2 Å². The lowest BCUT2D eigenvalue weighted by Gasteiger charge is -2.22. The van der Waals surface area contributed by atoms with Crippen LogP contribution in [0.15, 0.2) is 47.6 Å². The first-order valence-electron chi connectivity index (χ1n) is 11.0. The minimum atomic E-state index is -3.65. The highest BCUT2D eigenvalue weighted by atomic mass is 32.2. The van der Waals surface area contributed by atoms with Gasteiger partial charge in [0.2, 0.25) is 10.0 Å². The number of hydrogen-bond acceptors (Lipinski definition) is 4. The van der Waals surface area contributed by atoms with Gasteiger partial charge in [0.15, 0.2) is 0 Å². The van der Waals surface area contributed by atoms with Gasteiger partial charge in [0.25, 0.3) is 5.91 Å². The number of nitrogens with one attached hydrogen (secondary N) is 1. The van der Waals surface area contributed by atoms with E-state index >= 15 is 0 Å². The average Bonchev–Trinajstić information content (AvgIpc) is 3.03. The number of nitrogens with zero attached hydrogens (tertiary/aromatic N) is 3. The maximum Gasteiger partial charge on any atom is 0.260 e. The van der Waals surface area contributed by atoms with E-state index in [2.05, 4.69) is 47.1 Å². The SMILES string of the molecule is Cc1ccc(N(CC(=O)N/N=C\c2cc(C)n(-c3ccc(C)c(C)c3)c2C)S(C)(=O)=O)cc1C. The van der Waals surface area contributed by atoms with E-state index in [0.717, 1.165) is 44.3 Å². The Kier molecular flexibility index (Phi) is 7.31. The molecule has 0 saturated heterocycles. The van der Waals surface area contributed by atoms with Crippen LogP contribution in [-0.2, 0) is 14.8 Å². The van der Waals surface area contributed by atoms with Gasteiger partial charge < -0.3 is 4.57 Å². The number of sulfonamides is 1. The van der Waals surface area contributed by atoms with Crippen LogP contribution >= 0.6 is 0 Å². The van der Waals surface area contributed by atoms with Crippen LogP contribution in [0.3, 0.4) is 0 Å². The summed E-state index contributed by atoms with van der Waals surface area (Å²) >= 11 is 0.